The van der Waals surface area contributed by atoms with E-state index in [1.807, 2.05) is 17.7 Å². The molecule has 196 valence electrons. The number of rotatable bonds is 4. The van der Waals surface area contributed by atoms with Crippen molar-refractivity contribution in [2.45, 2.75) is 31.8 Å². The van der Waals surface area contributed by atoms with Crippen LogP contribution in [0.15, 0.2) is 31.2 Å². The number of fused-ring (bicyclic) bond motifs is 2. The van der Waals surface area contributed by atoms with E-state index in [1.54, 1.807) is 36.6 Å². The minimum atomic E-state index is -0.583. The zero-order valence-electron chi connectivity index (χ0n) is 21.5. The van der Waals surface area contributed by atoms with E-state index in [0.717, 1.165) is 0 Å². The summed E-state index contributed by atoms with van der Waals surface area (Å²) in [4.78, 5) is 27.3. The molecule has 11 heteroatoms. The number of aryl methyl sites for hydroxylation is 2. The predicted molar refractivity (Wildman–Crippen MR) is 144 cm³/mol. The number of nitrogens with zero attached hydrogens (tertiary/aromatic N) is 6. The molecule has 0 radical (unpaired) electrons. The molecule has 1 aliphatic rings. The molecule has 4 heterocycles. The highest BCUT2D eigenvalue weighted by Gasteiger charge is 2.44. The molecule has 0 bridgehead atoms. The lowest BCUT2D eigenvalue weighted by Gasteiger charge is -2.27. The van der Waals surface area contributed by atoms with Crippen LogP contribution < -0.4 is 5.73 Å². The molecule has 0 aliphatic carbocycles. The molecule has 2 atom stereocenters. The van der Waals surface area contributed by atoms with E-state index in [1.165, 1.54) is 12.4 Å². The Morgan fingerprint density at radius 3 is 2.89 bits per heavy atom. The Hall–Kier alpha value is -3.94. The standard InChI is InChI=1S/C27H27ClFN7O2/c1-6-21(37)35-13-27(3,10-17(35)12-38-5)36-11-16(22-25(30)31-14-32-26(22)36)7-8-18-19(28)9-20-24(23(18)29)33-15(2)34(20)4/h6,9,11,14,17H,1,10,12-13H2,2-5H3,(H2,30,31,32)/t17-,27+/m1/s1. The number of halogens is 2. The van der Waals surface area contributed by atoms with Crippen molar-refractivity contribution >= 4 is 45.4 Å². The minimum absolute atomic E-state index is 0.0450. The van der Waals surface area contributed by atoms with Crippen LogP contribution in [-0.2, 0) is 22.1 Å². The number of carbonyl (C=O) groups excluding carboxylic acids is 1. The molecule has 9 nitrogen and oxygen atoms in total. The number of anilines is 1. The first-order valence-electron chi connectivity index (χ1n) is 12.0. The maximum Gasteiger partial charge on any atom is 0.246 e. The summed E-state index contributed by atoms with van der Waals surface area (Å²) in [5.41, 5.74) is 7.64. The third kappa shape index (κ3) is 3.99. The lowest BCUT2D eigenvalue weighted by Crippen LogP contribution is -2.38. The van der Waals surface area contributed by atoms with Gasteiger partial charge in [-0.05, 0) is 32.4 Å². The molecule has 0 saturated carbocycles. The van der Waals surface area contributed by atoms with Gasteiger partial charge in [-0.15, -0.1) is 0 Å². The van der Waals surface area contributed by atoms with Gasteiger partial charge in [0.25, 0.3) is 0 Å². The highest BCUT2D eigenvalue weighted by Crippen LogP contribution is 2.38. The summed E-state index contributed by atoms with van der Waals surface area (Å²) in [6.07, 6.45) is 5.12. The van der Waals surface area contributed by atoms with Crippen LogP contribution in [0.4, 0.5) is 10.2 Å². The molecule has 2 N–H and O–H groups in total. The van der Waals surface area contributed by atoms with Crippen molar-refractivity contribution in [2.24, 2.45) is 7.05 Å². The molecule has 5 rings (SSSR count). The Labute approximate surface area is 224 Å². The lowest BCUT2D eigenvalue weighted by molar-refractivity contribution is -0.127. The first-order chi connectivity index (χ1) is 18.1. The summed E-state index contributed by atoms with van der Waals surface area (Å²) in [5, 5.41) is 0.728. The van der Waals surface area contributed by atoms with Gasteiger partial charge < -0.3 is 24.5 Å². The molecule has 38 heavy (non-hydrogen) atoms. The highest BCUT2D eigenvalue weighted by atomic mass is 35.5. The van der Waals surface area contributed by atoms with E-state index in [4.69, 9.17) is 22.1 Å². The van der Waals surface area contributed by atoms with Crippen molar-refractivity contribution in [1.82, 2.24) is 29.0 Å². The van der Waals surface area contributed by atoms with E-state index in [9.17, 15) is 4.79 Å². The van der Waals surface area contributed by atoms with E-state index >= 15 is 4.39 Å². The molecule has 3 aromatic heterocycles. The lowest BCUT2D eigenvalue weighted by atomic mass is 9.98. The van der Waals surface area contributed by atoms with Crippen molar-refractivity contribution in [2.75, 3.05) is 26.0 Å². The second kappa shape index (κ2) is 9.42. The Bertz CT molecular complexity index is 1680. The molecule has 0 unspecified atom stereocenters. The van der Waals surface area contributed by atoms with E-state index in [0.29, 0.717) is 47.5 Å². The number of methoxy groups -OCH3 is 1. The molecule has 1 saturated heterocycles. The maximum atomic E-state index is 15.4. The number of nitrogens with two attached hydrogens (primary N) is 1. The van der Waals surface area contributed by atoms with E-state index in [2.05, 4.69) is 33.4 Å². The summed E-state index contributed by atoms with van der Waals surface area (Å²) in [5.74, 6) is 6.08. The summed E-state index contributed by atoms with van der Waals surface area (Å²) in [6, 6.07) is 1.51. The molecule has 1 aromatic carbocycles. The molecule has 0 spiro atoms. The monoisotopic (exact) mass is 535 g/mol. The predicted octanol–water partition coefficient (Wildman–Crippen LogP) is 3.55. The average Bonchev–Trinajstić information content (AvgIpc) is 3.52. The quantitative estimate of drug-likeness (QED) is 0.316. The summed E-state index contributed by atoms with van der Waals surface area (Å²) in [7, 11) is 3.40. The van der Waals surface area contributed by atoms with Gasteiger partial charge in [0.1, 0.15) is 29.1 Å². The second-order valence-corrected chi connectivity index (χ2v) is 10.1. The number of hydrogen-bond acceptors (Lipinski definition) is 6. The van der Waals surface area contributed by atoms with Gasteiger partial charge in [-0.25, -0.2) is 19.3 Å². The molecule has 1 fully saturated rings. The first kappa shape index (κ1) is 25.7. The van der Waals surface area contributed by atoms with E-state index < -0.39 is 11.4 Å². The van der Waals surface area contributed by atoms with Gasteiger partial charge in [0.15, 0.2) is 5.82 Å². The summed E-state index contributed by atoms with van der Waals surface area (Å²) >= 11 is 6.45. The number of imidazole rings is 1. The number of ether oxygens (including phenoxy) is 1. The van der Waals surface area contributed by atoms with Crippen LogP contribution in [-0.4, -0.2) is 61.2 Å². The van der Waals surface area contributed by atoms with Gasteiger partial charge >= 0.3 is 0 Å². The van der Waals surface area contributed by atoms with Gasteiger partial charge in [-0.3, -0.25) is 4.79 Å². The first-order valence-corrected chi connectivity index (χ1v) is 12.3. The fourth-order valence-electron chi connectivity index (χ4n) is 5.27. The topological polar surface area (TPSA) is 104 Å². The highest BCUT2D eigenvalue weighted by molar-refractivity contribution is 6.32. The number of hydrogen-bond donors (Lipinski definition) is 1. The van der Waals surface area contributed by atoms with Crippen molar-refractivity contribution < 1.29 is 13.9 Å². The fourth-order valence-corrected chi connectivity index (χ4v) is 5.51. The van der Waals surface area contributed by atoms with Crippen LogP contribution in [0.1, 0.15) is 30.3 Å². The zero-order chi connectivity index (χ0) is 27.4. The van der Waals surface area contributed by atoms with Gasteiger partial charge in [0, 0.05) is 26.9 Å². The molecular formula is C27H27ClFN7O2. The van der Waals surface area contributed by atoms with Gasteiger partial charge in [0.2, 0.25) is 5.91 Å². The third-order valence-electron chi connectivity index (χ3n) is 7.25. The van der Waals surface area contributed by atoms with Gasteiger partial charge in [0.05, 0.1) is 45.2 Å². The Morgan fingerprint density at radius 1 is 1.42 bits per heavy atom. The van der Waals surface area contributed by atoms with Crippen LogP contribution in [0.2, 0.25) is 5.02 Å². The number of aromatic nitrogens is 5. The van der Waals surface area contributed by atoms with Gasteiger partial charge in [-0.2, -0.15) is 0 Å². The molecule has 4 aromatic rings. The fraction of sp³-hybridized carbons (Fsp3) is 0.333. The van der Waals surface area contributed by atoms with Crippen LogP contribution in [0.25, 0.3) is 22.1 Å². The minimum Gasteiger partial charge on any atom is -0.383 e. The third-order valence-corrected chi connectivity index (χ3v) is 7.55. The van der Waals surface area contributed by atoms with E-state index in [-0.39, 0.29) is 33.9 Å². The molecule has 1 aliphatic heterocycles. The van der Waals surface area contributed by atoms with Crippen LogP contribution in [0.3, 0.4) is 0 Å². The van der Waals surface area contributed by atoms with Crippen molar-refractivity contribution in [1.29, 1.82) is 0 Å². The van der Waals surface area contributed by atoms with Crippen molar-refractivity contribution in [3.8, 4) is 11.8 Å². The van der Waals surface area contributed by atoms with Crippen LogP contribution in [0.5, 0.6) is 0 Å². The summed E-state index contributed by atoms with van der Waals surface area (Å²) < 4.78 is 24.5. The van der Waals surface area contributed by atoms with Crippen LogP contribution >= 0.6 is 11.6 Å². The number of amides is 1. The number of benzene rings is 1. The number of nitrogen functional groups attached to an aromatic ring is 1. The Morgan fingerprint density at radius 2 is 2.18 bits per heavy atom. The normalized spacial score (nSPS) is 19.2. The zero-order valence-corrected chi connectivity index (χ0v) is 22.3. The maximum absolute atomic E-state index is 15.4. The Balaban J connectivity index is 1.64. The smallest absolute Gasteiger partial charge is 0.246 e. The summed E-state index contributed by atoms with van der Waals surface area (Å²) in [6.45, 7) is 8.25. The molecule has 1 amide bonds. The average molecular weight is 536 g/mol. The van der Waals surface area contributed by atoms with Crippen LogP contribution in [0, 0.1) is 24.6 Å². The van der Waals surface area contributed by atoms with Crippen molar-refractivity contribution in [3.05, 3.63) is 59.0 Å². The number of carbonyl (C=O) groups is 1. The largest absolute Gasteiger partial charge is 0.383 e. The van der Waals surface area contributed by atoms with Gasteiger partial charge in [-0.1, -0.05) is 30.0 Å². The molecular weight excluding hydrogens is 509 g/mol. The SMILES string of the molecule is C=CC(=O)N1C[C@@](C)(n2cc(C#Cc3c(Cl)cc4c(nc(C)n4C)c3F)c3c(N)ncnc32)C[C@@H]1COC. The Kier molecular flexibility index (Phi) is 6.37. The second-order valence-electron chi connectivity index (χ2n) is 9.73. The number of likely N-dealkylation sites (tertiary alicyclic amines) is 1. The van der Waals surface area contributed by atoms with Crippen molar-refractivity contribution in [3.63, 3.8) is 0 Å².